The van der Waals surface area contributed by atoms with Crippen molar-refractivity contribution in [1.29, 1.82) is 0 Å². The first kappa shape index (κ1) is 35.6. The maximum absolute atomic E-state index is 2.56. The molecule has 0 radical (unpaired) electrons. The van der Waals surface area contributed by atoms with Crippen LogP contribution in [0.15, 0.2) is 231 Å². The smallest absolute Gasteiger partial charge is 0.252 e. The van der Waals surface area contributed by atoms with E-state index in [1.807, 2.05) is 0 Å². The predicted molar refractivity (Wildman–Crippen MR) is 275 cm³/mol. The Kier molecular flexibility index (Phi) is 7.67. The van der Waals surface area contributed by atoms with Crippen LogP contribution in [0.4, 0.5) is 51.2 Å². The van der Waals surface area contributed by atoms with Gasteiger partial charge in [-0.2, -0.15) is 0 Å². The molecule has 0 amide bonds. The first-order valence-electron chi connectivity index (χ1n) is 22.5. The third kappa shape index (κ3) is 4.97. The zero-order chi connectivity index (χ0) is 41.9. The minimum Gasteiger partial charge on any atom is -0.312 e. The summed E-state index contributed by atoms with van der Waals surface area (Å²) in [6.07, 6.45) is 0. The van der Waals surface area contributed by atoms with Crippen LogP contribution in [0.1, 0.15) is 0 Å². The number of para-hydroxylation sites is 4. The first-order valence-corrected chi connectivity index (χ1v) is 22.5. The van der Waals surface area contributed by atoms with Crippen molar-refractivity contribution in [3.8, 4) is 0 Å². The quantitative estimate of drug-likeness (QED) is 0.167. The van der Waals surface area contributed by atoms with E-state index in [2.05, 4.69) is 245 Å². The largest absolute Gasteiger partial charge is 0.312 e. The third-order valence-corrected chi connectivity index (χ3v) is 14.3. The van der Waals surface area contributed by atoms with Gasteiger partial charge >= 0.3 is 0 Å². The topological polar surface area (TPSA) is 9.72 Å². The van der Waals surface area contributed by atoms with E-state index in [-0.39, 0.29) is 20.1 Å². The van der Waals surface area contributed by atoms with Crippen LogP contribution in [-0.4, -0.2) is 20.1 Å². The van der Waals surface area contributed by atoms with Crippen molar-refractivity contribution in [2.75, 3.05) is 14.7 Å². The van der Waals surface area contributed by atoms with E-state index in [4.69, 9.17) is 0 Å². The molecule has 4 aliphatic heterocycles. The lowest BCUT2D eigenvalue weighted by atomic mass is 9.20. The van der Waals surface area contributed by atoms with Crippen LogP contribution in [-0.2, 0) is 0 Å². The van der Waals surface area contributed by atoms with E-state index in [1.165, 1.54) is 94.1 Å². The first-order chi connectivity index (χ1) is 31.8. The average Bonchev–Trinajstić information content (AvgIpc) is 3.36. The summed E-state index contributed by atoms with van der Waals surface area (Å²) in [5.41, 5.74) is 23.0. The van der Waals surface area contributed by atoms with Crippen molar-refractivity contribution in [1.82, 2.24) is 0 Å². The Morgan fingerprint density at radius 1 is 0.250 bits per heavy atom. The highest BCUT2D eigenvalue weighted by atomic mass is 15.2. The molecule has 4 aliphatic rings. The molecule has 10 aromatic rings. The van der Waals surface area contributed by atoms with Gasteiger partial charge in [0.25, 0.3) is 6.71 Å². The standard InChI is InChI=1S/C58H38B3N3/c1-5-19-40(20-6-1)59-45-27-13-14-28-46(45)60-49-37-39-35-36-54-56(44(39)38-55(49)64(43-25-11-4-12-26-43)51-32-17-30-48(59)57(51)60)61-47-29-15-16-31-50(47)62(41-21-7-2-8-22-41)52-33-18-34-53(58(52)61)63(54)42-23-9-3-10-24-42/h1-38H. The Bertz CT molecular complexity index is 3480. The molecular formula is C58H38B3N3. The fraction of sp³-hybridized carbons (Fsp3) is 0. The lowest BCUT2D eigenvalue weighted by Crippen LogP contribution is -2.76. The molecular weight excluding hydrogens is 771 g/mol. The van der Waals surface area contributed by atoms with Crippen molar-refractivity contribution < 1.29 is 0 Å². The van der Waals surface area contributed by atoms with E-state index in [0.717, 1.165) is 17.1 Å². The van der Waals surface area contributed by atoms with E-state index in [1.54, 1.807) is 0 Å². The second-order valence-corrected chi connectivity index (χ2v) is 17.5. The van der Waals surface area contributed by atoms with Gasteiger partial charge in [-0.05, 0) is 111 Å². The monoisotopic (exact) mass is 809 g/mol. The summed E-state index contributed by atoms with van der Waals surface area (Å²) in [6.45, 7) is 0.199. The highest BCUT2D eigenvalue weighted by molar-refractivity contribution is 7.12. The van der Waals surface area contributed by atoms with Crippen LogP contribution in [0, 0.1) is 0 Å². The Labute approximate surface area is 374 Å². The lowest BCUT2D eigenvalue weighted by Gasteiger charge is -2.45. The number of nitrogens with zero attached hydrogens (tertiary/aromatic N) is 3. The molecule has 4 heterocycles. The van der Waals surface area contributed by atoms with Crippen molar-refractivity contribution in [3.05, 3.63) is 231 Å². The minimum atomic E-state index is -0.00577. The summed E-state index contributed by atoms with van der Waals surface area (Å²) in [5, 5.41) is 2.53. The summed E-state index contributed by atoms with van der Waals surface area (Å²) >= 11 is 0. The summed E-state index contributed by atoms with van der Waals surface area (Å²) in [4.78, 5) is 7.54. The van der Waals surface area contributed by atoms with Gasteiger partial charge in [0, 0.05) is 51.2 Å². The molecule has 0 spiro atoms. The molecule has 294 valence electrons. The van der Waals surface area contributed by atoms with E-state index < -0.39 is 0 Å². The predicted octanol–water partition coefficient (Wildman–Crippen LogP) is 8.05. The Hall–Kier alpha value is -7.95. The van der Waals surface area contributed by atoms with Crippen molar-refractivity contribution in [2.24, 2.45) is 0 Å². The molecule has 3 nitrogen and oxygen atoms in total. The van der Waals surface area contributed by atoms with Gasteiger partial charge < -0.3 is 14.7 Å². The van der Waals surface area contributed by atoms with Crippen LogP contribution in [0.3, 0.4) is 0 Å². The third-order valence-electron chi connectivity index (χ3n) is 14.3. The number of hydrogen-bond acceptors (Lipinski definition) is 3. The van der Waals surface area contributed by atoms with Crippen LogP contribution in [0.2, 0.25) is 0 Å². The lowest BCUT2D eigenvalue weighted by molar-refractivity contribution is 1.25. The average molecular weight is 809 g/mol. The van der Waals surface area contributed by atoms with Crippen molar-refractivity contribution in [2.45, 2.75) is 0 Å². The number of hydrogen-bond donors (Lipinski definition) is 0. The maximum atomic E-state index is 2.56. The number of benzene rings is 10. The molecule has 10 aromatic carbocycles. The van der Waals surface area contributed by atoms with Crippen LogP contribution >= 0.6 is 0 Å². The summed E-state index contributed by atoms with van der Waals surface area (Å²) in [5.74, 6) is 0. The van der Waals surface area contributed by atoms with Gasteiger partial charge in [0.2, 0.25) is 13.4 Å². The van der Waals surface area contributed by atoms with Crippen LogP contribution in [0.5, 0.6) is 0 Å². The normalized spacial score (nSPS) is 13.8. The molecule has 0 atom stereocenters. The zero-order valence-corrected chi connectivity index (χ0v) is 35.0. The number of fused-ring (bicyclic) bond motifs is 10. The summed E-state index contributed by atoms with van der Waals surface area (Å²) < 4.78 is 0. The number of rotatable bonds is 4. The van der Waals surface area contributed by atoms with Gasteiger partial charge in [-0.15, -0.1) is 0 Å². The van der Waals surface area contributed by atoms with E-state index >= 15 is 0 Å². The molecule has 0 N–H and O–H groups in total. The molecule has 6 heteroatoms. The summed E-state index contributed by atoms with van der Waals surface area (Å²) in [7, 11) is 0. The van der Waals surface area contributed by atoms with Gasteiger partial charge in [-0.1, -0.05) is 180 Å². The molecule has 14 rings (SSSR count). The van der Waals surface area contributed by atoms with Gasteiger partial charge in [0.1, 0.15) is 0 Å². The maximum Gasteiger partial charge on any atom is 0.252 e. The molecule has 0 aliphatic carbocycles. The Morgan fingerprint density at radius 2 is 0.703 bits per heavy atom. The van der Waals surface area contributed by atoms with Crippen LogP contribution < -0.4 is 63.9 Å². The van der Waals surface area contributed by atoms with Crippen molar-refractivity contribution >= 4 is 131 Å². The summed E-state index contributed by atoms with van der Waals surface area (Å²) in [6, 6.07) is 86.0. The SMILES string of the molecule is c1ccc(B2c3ccccc3B3c4cc5ccc6c(c5cc4N(c4ccccc4)c4cccc2c43)B2c3ccccc3N(c3ccccc3)c3cccc(c32)N6c2ccccc2)cc1. The number of anilines is 9. The molecule has 64 heavy (non-hydrogen) atoms. The Balaban J connectivity index is 1.08. The molecule has 0 saturated heterocycles. The van der Waals surface area contributed by atoms with Crippen molar-refractivity contribution in [3.63, 3.8) is 0 Å². The minimum absolute atomic E-state index is 0.00577. The van der Waals surface area contributed by atoms with E-state index in [9.17, 15) is 0 Å². The zero-order valence-electron chi connectivity index (χ0n) is 35.0. The van der Waals surface area contributed by atoms with Crippen LogP contribution in [0.25, 0.3) is 10.8 Å². The van der Waals surface area contributed by atoms with Gasteiger partial charge in [0.05, 0.1) is 0 Å². The fourth-order valence-electron chi connectivity index (χ4n) is 11.9. The molecule has 0 saturated carbocycles. The second-order valence-electron chi connectivity index (χ2n) is 17.5. The highest BCUT2D eigenvalue weighted by Crippen LogP contribution is 2.45. The highest BCUT2D eigenvalue weighted by Gasteiger charge is 2.47. The van der Waals surface area contributed by atoms with E-state index in [0.29, 0.717) is 0 Å². The fourth-order valence-corrected chi connectivity index (χ4v) is 11.9. The second kappa shape index (κ2) is 13.8. The molecule has 0 bridgehead atoms. The molecule has 0 unspecified atom stereocenters. The molecule has 0 aromatic heterocycles. The molecule has 0 fully saturated rings. The van der Waals surface area contributed by atoms with Gasteiger partial charge in [-0.25, -0.2) is 0 Å². The van der Waals surface area contributed by atoms with Gasteiger partial charge in [-0.3, -0.25) is 0 Å². The van der Waals surface area contributed by atoms with Gasteiger partial charge in [0.15, 0.2) is 0 Å². The Morgan fingerprint density at radius 3 is 1.34 bits per heavy atom.